The van der Waals surface area contributed by atoms with Gasteiger partial charge >= 0.3 is 0 Å². The molecule has 26 heavy (non-hydrogen) atoms. The monoisotopic (exact) mass is 394 g/mol. The molecular formula is C17H19ClN4O3S. The summed E-state index contributed by atoms with van der Waals surface area (Å²) in [5.74, 6) is -0.470. The van der Waals surface area contributed by atoms with Crippen molar-refractivity contribution in [2.75, 3.05) is 43.5 Å². The number of aromatic nitrogens is 1. The molecule has 1 aliphatic rings. The number of benzene rings is 1. The van der Waals surface area contributed by atoms with Crippen molar-refractivity contribution in [1.29, 1.82) is 0 Å². The number of carbonyl (C=O) groups is 2. The van der Waals surface area contributed by atoms with Gasteiger partial charge in [-0.05, 0) is 18.6 Å². The van der Waals surface area contributed by atoms with E-state index in [1.54, 1.807) is 6.07 Å². The molecule has 1 aromatic carbocycles. The van der Waals surface area contributed by atoms with Crippen molar-refractivity contribution in [2.45, 2.75) is 6.92 Å². The molecule has 138 valence electrons. The summed E-state index contributed by atoms with van der Waals surface area (Å²) in [4.78, 5) is 31.0. The van der Waals surface area contributed by atoms with Crippen LogP contribution in [0.3, 0.4) is 0 Å². The van der Waals surface area contributed by atoms with Gasteiger partial charge in [-0.15, -0.1) is 0 Å². The number of ether oxygens (including phenoxy) is 1. The minimum Gasteiger partial charge on any atom is -0.379 e. The zero-order valence-corrected chi connectivity index (χ0v) is 15.8. The summed E-state index contributed by atoms with van der Waals surface area (Å²) in [7, 11) is 0. The maximum Gasteiger partial charge on any atom is 0.267 e. The highest BCUT2D eigenvalue weighted by Crippen LogP contribution is 2.27. The first kappa shape index (κ1) is 18.8. The Morgan fingerprint density at radius 3 is 2.81 bits per heavy atom. The first-order chi connectivity index (χ1) is 12.5. The third-order valence-corrected chi connectivity index (χ3v) is 5.13. The number of carbonyl (C=O) groups excluding carboxylic acids is 2. The Morgan fingerprint density at radius 1 is 1.31 bits per heavy atom. The van der Waals surface area contributed by atoms with Crippen LogP contribution in [0.25, 0.3) is 0 Å². The smallest absolute Gasteiger partial charge is 0.267 e. The summed E-state index contributed by atoms with van der Waals surface area (Å²) in [6, 6.07) is 5.40. The van der Waals surface area contributed by atoms with Gasteiger partial charge in [-0.2, -0.15) is 0 Å². The fourth-order valence-electron chi connectivity index (χ4n) is 2.52. The molecule has 3 rings (SSSR count). The van der Waals surface area contributed by atoms with E-state index in [0.717, 1.165) is 30.0 Å². The van der Waals surface area contributed by atoms with Gasteiger partial charge in [0.15, 0.2) is 5.13 Å². The number of thiazole rings is 1. The summed E-state index contributed by atoms with van der Waals surface area (Å²) in [6.07, 6.45) is 1.44. The molecule has 0 spiro atoms. The summed E-state index contributed by atoms with van der Waals surface area (Å²) >= 11 is 7.25. The van der Waals surface area contributed by atoms with Gasteiger partial charge in [0.25, 0.3) is 5.91 Å². The fourth-order valence-corrected chi connectivity index (χ4v) is 3.52. The number of para-hydroxylation sites is 1. The highest BCUT2D eigenvalue weighted by Gasteiger charge is 2.17. The van der Waals surface area contributed by atoms with Crippen molar-refractivity contribution in [1.82, 2.24) is 9.88 Å². The summed E-state index contributed by atoms with van der Waals surface area (Å²) < 4.78 is 5.26. The molecule has 0 bridgehead atoms. The van der Waals surface area contributed by atoms with Gasteiger partial charge in [-0.3, -0.25) is 14.5 Å². The predicted molar refractivity (Wildman–Crippen MR) is 102 cm³/mol. The Hall–Kier alpha value is -2.00. The number of rotatable bonds is 5. The van der Waals surface area contributed by atoms with E-state index in [2.05, 4.69) is 15.6 Å². The fraction of sp³-hybridized carbons (Fsp3) is 0.353. The van der Waals surface area contributed by atoms with E-state index >= 15 is 0 Å². The van der Waals surface area contributed by atoms with Crippen LogP contribution < -0.4 is 10.6 Å². The lowest BCUT2D eigenvalue weighted by Crippen LogP contribution is -2.41. The van der Waals surface area contributed by atoms with E-state index in [0.29, 0.717) is 33.9 Å². The zero-order valence-electron chi connectivity index (χ0n) is 14.3. The number of aryl methyl sites for hydroxylation is 1. The summed E-state index contributed by atoms with van der Waals surface area (Å²) in [5, 5.41) is 6.39. The van der Waals surface area contributed by atoms with Crippen LogP contribution in [0, 0.1) is 6.92 Å². The lowest BCUT2D eigenvalue weighted by Gasteiger charge is -2.25. The van der Waals surface area contributed by atoms with Crippen molar-refractivity contribution in [3.8, 4) is 0 Å². The largest absolute Gasteiger partial charge is 0.379 e. The predicted octanol–water partition coefficient (Wildman–Crippen LogP) is 2.63. The number of hydrogen-bond donors (Lipinski definition) is 2. The number of nitrogens with zero attached hydrogens (tertiary/aromatic N) is 2. The highest BCUT2D eigenvalue weighted by molar-refractivity contribution is 7.17. The van der Waals surface area contributed by atoms with Crippen LogP contribution in [0.1, 0.15) is 15.2 Å². The van der Waals surface area contributed by atoms with Gasteiger partial charge in [0.2, 0.25) is 5.91 Å². The lowest BCUT2D eigenvalue weighted by atomic mass is 10.2. The molecule has 7 nitrogen and oxygen atoms in total. The zero-order chi connectivity index (χ0) is 18.5. The third-order valence-electron chi connectivity index (χ3n) is 3.91. The number of nitrogens with one attached hydrogen (secondary N) is 2. The molecule has 0 atom stereocenters. The van der Waals surface area contributed by atoms with Gasteiger partial charge in [0, 0.05) is 13.1 Å². The number of hydrogen-bond acceptors (Lipinski definition) is 6. The average molecular weight is 395 g/mol. The number of morpholine rings is 1. The van der Waals surface area contributed by atoms with Crippen LogP contribution in [-0.2, 0) is 9.53 Å². The van der Waals surface area contributed by atoms with Crippen LogP contribution in [0.4, 0.5) is 10.8 Å². The van der Waals surface area contributed by atoms with Crippen LogP contribution in [0.15, 0.2) is 24.4 Å². The van der Waals surface area contributed by atoms with Crippen molar-refractivity contribution in [2.24, 2.45) is 0 Å². The number of amides is 2. The molecule has 1 saturated heterocycles. The Kier molecular flexibility index (Phi) is 6.20. The van der Waals surface area contributed by atoms with E-state index in [-0.39, 0.29) is 18.4 Å². The van der Waals surface area contributed by atoms with Gasteiger partial charge in [-0.25, -0.2) is 4.98 Å². The Labute approximate surface area is 160 Å². The molecule has 1 fully saturated rings. The Bertz CT molecular complexity index is 785. The van der Waals surface area contributed by atoms with E-state index in [1.807, 2.05) is 24.0 Å². The minimum absolute atomic E-state index is 0.157. The van der Waals surface area contributed by atoms with Crippen LogP contribution in [-0.4, -0.2) is 54.5 Å². The molecule has 1 aliphatic heterocycles. The maximum absolute atomic E-state index is 12.4. The van der Waals surface area contributed by atoms with Crippen molar-refractivity contribution in [3.63, 3.8) is 0 Å². The summed E-state index contributed by atoms with van der Waals surface area (Å²) in [5.41, 5.74) is 1.44. The van der Waals surface area contributed by atoms with Crippen molar-refractivity contribution >= 4 is 45.6 Å². The second-order valence-electron chi connectivity index (χ2n) is 5.85. The van der Waals surface area contributed by atoms with E-state index in [9.17, 15) is 9.59 Å². The van der Waals surface area contributed by atoms with Gasteiger partial charge < -0.3 is 15.4 Å². The van der Waals surface area contributed by atoms with Crippen molar-refractivity contribution in [3.05, 3.63) is 39.9 Å². The molecular weight excluding hydrogens is 376 g/mol. The van der Waals surface area contributed by atoms with Gasteiger partial charge in [-0.1, -0.05) is 35.1 Å². The standard InChI is InChI=1S/C17H19ClN4O3S/c1-11-3-2-4-12(18)15(11)21-16(24)13-9-19-17(26-13)20-14(23)10-22-5-7-25-8-6-22/h2-4,9H,5-8,10H2,1H3,(H,21,24)(H,19,20,23). The quantitative estimate of drug-likeness (QED) is 0.814. The molecule has 1 aromatic heterocycles. The second-order valence-corrected chi connectivity index (χ2v) is 7.29. The maximum atomic E-state index is 12.4. The van der Waals surface area contributed by atoms with E-state index in [4.69, 9.17) is 16.3 Å². The number of halogens is 1. The molecule has 0 saturated carbocycles. The molecule has 2 amide bonds. The Balaban J connectivity index is 1.58. The van der Waals surface area contributed by atoms with Crippen LogP contribution >= 0.6 is 22.9 Å². The first-order valence-electron chi connectivity index (χ1n) is 8.15. The van der Waals surface area contributed by atoms with Crippen LogP contribution in [0.2, 0.25) is 5.02 Å². The molecule has 9 heteroatoms. The summed E-state index contributed by atoms with van der Waals surface area (Å²) in [6.45, 7) is 4.88. The van der Waals surface area contributed by atoms with Gasteiger partial charge in [0.1, 0.15) is 4.88 Å². The SMILES string of the molecule is Cc1cccc(Cl)c1NC(=O)c1cnc(NC(=O)CN2CCOCC2)s1. The van der Waals surface area contributed by atoms with Crippen LogP contribution in [0.5, 0.6) is 0 Å². The molecule has 0 radical (unpaired) electrons. The molecule has 2 aromatic rings. The lowest BCUT2D eigenvalue weighted by molar-refractivity contribution is -0.118. The molecule has 2 heterocycles. The molecule has 0 aliphatic carbocycles. The minimum atomic E-state index is -0.313. The van der Waals surface area contributed by atoms with Crippen molar-refractivity contribution < 1.29 is 14.3 Å². The molecule has 2 N–H and O–H groups in total. The normalized spacial score (nSPS) is 14.8. The van der Waals surface area contributed by atoms with E-state index in [1.165, 1.54) is 6.20 Å². The number of anilines is 2. The second kappa shape index (κ2) is 8.59. The topological polar surface area (TPSA) is 83.6 Å². The van der Waals surface area contributed by atoms with E-state index < -0.39 is 0 Å². The average Bonchev–Trinajstić information content (AvgIpc) is 3.07. The van der Waals surface area contributed by atoms with Gasteiger partial charge in [0.05, 0.1) is 36.7 Å². The first-order valence-corrected chi connectivity index (χ1v) is 9.34. The third kappa shape index (κ3) is 4.79. The molecule has 0 unspecified atom stereocenters. The Morgan fingerprint density at radius 2 is 2.08 bits per heavy atom. The highest BCUT2D eigenvalue weighted by atomic mass is 35.5.